The number of aryl methyl sites for hydroxylation is 2. The van der Waals surface area contributed by atoms with Crippen LogP contribution >= 0.6 is 11.3 Å². The second-order valence-electron chi connectivity index (χ2n) is 5.70. The molecule has 7 heteroatoms. The van der Waals surface area contributed by atoms with E-state index in [2.05, 4.69) is 10.1 Å². The van der Waals surface area contributed by atoms with Crippen LogP contribution in [0.1, 0.15) is 27.5 Å². The van der Waals surface area contributed by atoms with Crippen molar-refractivity contribution in [1.82, 2.24) is 15.0 Å². The number of amides is 1. The predicted molar refractivity (Wildman–Crippen MR) is 95.9 cm³/mol. The Morgan fingerprint density at radius 1 is 1.32 bits per heavy atom. The van der Waals surface area contributed by atoms with E-state index in [1.165, 1.54) is 11.3 Å². The Balaban J connectivity index is 1.81. The molecule has 1 amide bonds. The van der Waals surface area contributed by atoms with Crippen LogP contribution < -0.4 is 4.74 Å². The van der Waals surface area contributed by atoms with Crippen molar-refractivity contribution in [3.63, 3.8) is 0 Å². The van der Waals surface area contributed by atoms with Gasteiger partial charge in [0.15, 0.2) is 0 Å². The number of para-hydroxylation sites is 1. The van der Waals surface area contributed by atoms with Gasteiger partial charge in [0.05, 0.1) is 24.9 Å². The summed E-state index contributed by atoms with van der Waals surface area (Å²) < 4.78 is 10.5. The lowest BCUT2D eigenvalue weighted by Gasteiger charge is -2.15. The number of hydrogen-bond donors (Lipinski definition) is 0. The topological polar surface area (TPSA) is 68.5 Å². The van der Waals surface area contributed by atoms with Crippen molar-refractivity contribution in [2.45, 2.75) is 20.4 Å². The number of ether oxygens (including phenoxy) is 1. The number of hydrogen-bond acceptors (Lipinski definition) is 6. The van der Waals surface area contributed by atoms with E-state index < -0.39 is 0 Å². The van der Waals surface area contributed by atoms with Crippen LogP contribution in [-0.4, -0.2) is 35.1 Å². The Kier molecular flexibility index (Phi) is 4.85. The fourth-order valence-corrected chi connectivity index (χ4v) is 3.37. The number of carbonyl (C=O) groups is 1. The minimum Gasteiger partial charge on any atom is -0.496 e. The van der Waals surface area contributed by atoms with E-state index >= 15 is 0 Å². The lowest BCUT2D eigenvalue weighted by Crippen LogP contribution is -2.26. The molecule has 2 heterocycles. The van der Waals surface area contributed by atoms with Gasteiger partial charge in [0.25, 0.3) is 5.91 Å². The molecular formula is C18H19N3O3S. The largest absolute Gasteiger partial charge is 0.496 e. The third-order valence-corrected chi connectivity index (χ3v) is 4.86. The molecule has 0 atom stereocenters. The summed E-state index contributed by atoms with van der Waals surface area (Å²) in [6.45, 7) is 4.14. The molecule has 6 nitrogen and oxygen atoms in total. The number of nitrogens with zero attached hydrogens (tertiary/aromatic N) is 3. The van der Waals surface area contributed by atoms with Crippen LogP contribution in [0.5, 0.6) is 5.75 Å². The minimum atomic E-state index is -0.141. The van der Waals surface area contributed by atoms with Crippen molar-refractivity contribution in [1.29, 1.82) is 0 Å². The van der Waals surface area contributed by atoms with Gasteiger partial charge < -0.3 is 14.2 Å². The average Bonchev–Trinajstić information content (AvgIpc) is 3.23. The van der Waals surface area contributed by atoms with Crippen LogP contribution in [0.4, 0.5) is 0 Å². The van der Waals surface area contributed by atoms with E-state index in [-0.39, 0.29) is 5.91 Å². The van der Waals surface area contributed by atoms with E-state index in [0.29, 0.717) is 12.2 Å². The molecule has 0 aliphatic heterocycles. The van der Waals surface area contributed by atoms with Gasteiger partial charge >= 0.3 is 0 Å². The molecule has 0 unspecified atom stereocenters. The summed E-state index contributed by atoms with van der Waals surface area (Å²) in [5.41, 5.74) is 3.02. The van der Waals surface area contributed by atoms with Crippen LogP contribution in [0.3, 0.4) is 0 Å². The number of benzene rings is 1. The Morgan fingerprint density at radius 3 is 2.76 bits per heavy atom. The highest BCUT2D eigenvalue weighted by Gasteiger charge is 2.20. The van der Waals surface area contributed by atoms with Crippen LogP contribution in [-0.2, 0) is 6.54 Å². The van der Waals surface area contributed by atoms with Crippen molar-refractivity contribution in [2.75, 3.05) is 14.2 Å². The fourth-order valence-electron chi connectivity index (χ4n) is 2.55. The molecule has 130 valence electrons. The predicted octanol–water partition coefficient (Wildman–Crippen LogP) is 3.70. The summed E-state index contributed by atoms with van der Waals surface area (Å²) in [6.07, 6.45) is 0. The standard InChI is InChI=1S/C18H19N3O3S/c1-11-14(12(2)24-20-11)9-21(3)18(22)15-10-25-17(19-15)13-7-5-6-8-16(13)23-4/h5-8,10H,9H2,1-4H3. The number of carbonyl (C=O) groups excluding carboxylic acids is 1. The minimum absolute atomic E-state index is 0.141. The van der Waals surface area contributed by atoms with Crippen molar-refractivity contribution in [3.05, 3.63) is 52.4 Å². The van der Waals surface area contributed by atoms with Crippen LogP contribution in [0, 0.1) is 13.8 Å². The maximum Gasteiger partial charge on any atom is 0.273 e. The number of aromatic nitrogens is 2. The SMILES string of the molecule is COc1ccccc1-c1nc(C(=O)N(C)Cc2c(C)noc2C)cs1. The summed E-state index contributed by atoms with van der Waals surface area (Å²) in [6, 6.07) is 7.63. The van der Waals surface area contributed by atoms with Crippen molar-refractivity contribution in [2.24, 2.45) is 0 Å². The molecule has 3 aromatic rings. The second-order valence-corrected chi connectivity index (χ2v) is 6.56. The van der Waals surface area contributed by atoms with E-state index in [4.69, 9.17) is 9.26 Å². The van der Waals surface area contributed by atoms with Crippen LogP contribution in [0.25, 0.3) is 10.6 Å². The Bertz CT molecular complexity index is 881. The third kappa shape index (κ3) is 3.41. The summed E-state index contributed by atoms with van der Waals surface area (Å²) in [4.78, 5) is 18.8. The Labute approximate surface area is 150 Å². The third-order valence-electron chi connectivity index (χ3n) is 3.98. The molecule has 25 heavy (non-hydrogen) atoms. The normalized spacial score (nSPS) is 10.7. The zero-order chi connectivity index (χ0) is 18.0. The van der Waals surface area contributed by atoms with E-state index in [9.17, 15) is 4.79 Å². The lowest BCUT2D eigenvalue weighted by molar-refractivity contribution is 0.0779. The second kappa shape index (κ2) is 7.06. The summed E-state index contributed by atoms with van der Waals surface area (Å²) >= 11 is 1.42. The maximum atomic E-state index is 12.7. The highest BCUT2D eigenvalue weighted by molar-refractivity contribution is 7.13. The maximum absolute atomic E-state index is 12.7. The molecule has 2 aromatic heterocycles. The van der Waals surface area contributed by atoms with Crippen molar-refractivity contribution >= 4 is 17.2 Å². The van der Waals surface area contributed by atoms with Gasteiger partial charge in [-0.2, -0.15) is 0 Å². The van der Waals surface area contributed by atoms with Crippen molar-refractivity contribution < 1.29 is 14.1 Å². The average molecular weight is 357 g/mol. The first kappa shape index (κ1) is 17.2. The number of rotatable bonds is 5. The van der Waals surface area contributed by atoms with Gasteiger partial charge in [-0.05, 0) is 26.0 Å². The molecule has 0 N–H and O–H groups in total. The first-order chi connectivity index (χ1) is 12.0. The molecule has 0 saturated carbocycles. The highest BCUT2D eigenvalue weighted by atomic mass is 32.1. The molecule has 0 fully saturated rings. The van der Waals surface area contributed by atoms with Crippen LogP contribution in [0.15, 0.2) is 34.2 Å². The van der Waals surface area contributed by atoms with Gasteiger partial charge in [0.1, 0.15) is 22.2 Å². The smallest absolute Gasteiger partial charge is 0.273 e. The molecule has 3 rings (SSSR count). The first-order valence-corrected chi connectivity index (χ1v) is 8.65. The van der Waals surface area contributed by atoms with Gasteiger partial charge in [-0.3, -0.25) is 4.79 Å². The van der Waals surface area contributed by atoms with Crippen molar-refractivity contribution in [3.8, 4) is 16.3 Å². The molecule has 0 saturated heterocycles. The van der Waals surface area contributed by atoms with E-state index in [1.807, 2.05) is 38.1 Å². The van der Waals surface area contributed by atoms with Crippen LogP contribution in [0.2, 0.25) is 0 Å². The zero-order valence-corrected chi connectivity index (χ0v) is 15.4. The summed E-state index contributed by atoms with van der Waals surface area (Å²) in [5, 5.41) is 6.45. The molecule has 0 bridgehead atoms. The van der Waals surface area contributed by atoms with E-state index in [1.54, 1.807) is 24.4 Å². The molecule has 0 aliphatic carbocycles. The van der Waals surface area contributed by atoms with Gasteiger partial charge in [-0.15, -0.1) is 11.3 Å². The van der Waals surface area contributed by atoms with Gasteiger partial charge in [-0.1, -0.05) is 17.3 Å². The molecule has 0 spiro atoms. The summed E-state index contributed by atoms with van der Waals surface area (Å²) in [5.74, 6) is 1.32. The molecule has 0 radical (unpaired) electrons. The number of thiazole rings is 1. The molecule has 0 aliphatic rings. The zero-order valence-electron chi connectivity index (χ0n) is 14.6. The summed E-state index contributed by atoms with van der Waals surface area (Å²) in [7, 11) is 3.37. The van der Waals surface area contributed by atoms with E-state index in [0.717, 1.165) is 33.3 Å². The van der Waals surface area contributed by atoms with Gasteiger partial charge in [0.2, 0.25) is 0 Å². The molecular weight excluding hydrogens is 338 g/mol. The Hall–Kier alpha value is -2.67. The highest BCUT2D eigenvalue weighted by Crippen LogP contribution is 2.32. The van der Waals surface area contributed by atoms with Gasteiger partial charge in [-0.25, -0.2) is 4.98 Å². The van der Waals surface area contributed by atoms with Gasteiger partial charge in [0, 0.05) is 18.0 Å². The Morgan fingerprint density at radius 2 is 2.08 bits per heavy atom. The fraction of sp³-hybridized carbons (Fsp3) is 0.278. The molecule has 1 aromatic carbocycles. The monoisotopic (exact) mass is 357 g/mol. The number of methoxy groups -OCH3 is 1. The lowest BCUT2D eigenvalue weighted by atomic mass is 10.2. The first-order valence-electron chi connectivity index (χ1n) is 7.77. The quantitative estimate of drug-likeness (QED) is 0.696.